The number of methoxy groups -OCH3 is 1. The molecular formula is C16H19NO3. The van der Waals surface area contributed by atoms with Crippen molar-refractivity contribution in [3.05, 3.63) is 59.2 Å². The van der Waals surface area contributed by atoms with Gasteiger partial charge in [-0.2, -0.15) is 0 Å². The van der Waals surface area contributed by atoms with Gasteiger partial charge in [-0.25, -0.2) is 0 Å². The molecule has 3 N–H and O–H groups in total. The van der Waals surface area contributed by atoms with Gasteiger partial charge in [0.1, 0.15) is 11.5 Å². The second-order valence-corrected chi connectivity index (χ2v) is 4.58. The number of hydrogen-bond donors (Lipinski definition) is 3. The molecule has 4 nitrogen and oxygen atoms in total. The van der Waals surface area contributed by atoms with E-state index in [9.17, 15) is 5.11 Å². The molecule has 0 radical (unpaired) electrons. The Morgan fingerprint density at radius 2 is 1.85 bits per heavy atom. The van der Waals surface area contributed by atoms with Crippen LogP contribution in [0, 0.1) is 0 Å². The van der Waals surface area contributed by atoms with E-state index in [2.05, 4.69) is 5.32 Å². The zero-order chi connectivity index (χ0) is 14.4. The Kier molecular flexibility index (Phi) is 4.98. The lowest BCUT2D eigenvalue weighted by molar-refractivity contribution is 0.281. The lowest BCUT2D eigenvalue weighted by Gasteiger charge is -2.10. The third-order valence-corrected chi connectivity index (χ3v) is 3.08. The van der Waals surface area contributed by atoms with Crippen LogP contribution >= 0.6 is 0 Å². The summed E-state index contributed by atoms with van der Waals surface area (Å²) in [6.07, 6.45) is 0. The number of hydrogen-bond acceptors (Lipinski definition) is 4. The average Bonchev–Trinajstić information content (AvgIpc) is 2.48. The van der Waals surface area contributed by atoms with Crippen LogP contribution < -0.4 is 10.1 Å². The highest BCUT2D eigenvalue weighted by Crippen LogP contribution is 2.23. The Labute approximate surface area is 118 Å². The number of phenols is 1. The summed E-state index contributed by atoms with van der Waals surface area (Å²) in [7, 11) is 1.61. The van der Waals surface area contributed by atoms with E-state index in [-0.39, 0.29) is 12.4 Å². The fourth-order valence-electron chi connectivity index (χ4n) is 2.08. The Balaban J connectivity index is 1.97. The molecule has 0 unspecified atom stereocenters. The summed E-state index contributed by atoms with van der Waals surface area (Å²) in [6, 6.07) is 12.8. The first-order valence-corrected chi connectivity index (χ1v) is 6.48. The smallest absolute Gasteiger partial charge is 0.123 e. The molecule has 0 aliphatic heterocycles. The van der Waals surface area contributed by atoms with Crippen LogP contribution in [0.4, 0.5) is 0 Å². The largest absolute Gasteiger partial charge is 0.508 e. The molecule has 0 atom stereocenters. The van der Waals surface area contributed by atoms with Gasteiger partial charge in [0.25, 0.3) is 0 Å². The molecule has 106 valence electrons. The number of benzene rings is 2. The predicted molar refractivity (Wildman–Crippen MR) is 77.6 cm³/mol. The lowest BCUT2D eigenvalue weighted by Crippen LogP contribution is -2.13. The van der Waals surface area contributed by atoms with Gasteiger partial charge in [-0.3, -0.25) is 0 Å². The summed E-state index contributed by atoms with van der Waals surface area (Å²) in [6.45, 7) is 1.34. The van der Waals surface area contributed by atoms with Gasteiger partial charge in [-0.05, 0) is 29.3 Å². The van der Waals surface area contributed by atoms with Crippen molar-refractivity contribution in [1.29, 1.82) is 0 Å². The maximum absolute atomic E-state index is 9.51. The minimum atomic E-state index is 0.0498. The molecule has 20 heavy (non-hydrogen) atoms. The Morgan fingerprint density at radius 1 is 1.05 bits per heavy atom. The predicted octanol–water partition coefficient (Wildman–Crippen LogP) is 2.18. The topological polar surface area (TPSA) is 61.7 Å². The number of phenolic OH excluding ortho intramolecular Hbond substituents is 1. The molecular weight excluding hydrogens is 254 g/mol. The molecule has 4 heteroatoms. The molecule has 0 heterocycles. The van der Waals surface area contributed by atoms with Crippen molar-refractivity contribution in [2.75, 3.05) is 7.11 Å². The number of aliphatic hydroxyl groups excluding tert-OH is 1. The molecule has 0 aliphatic rings. The van der Waals surface area contributed by atoms with Crippen molar-refractivity contribution in [1.82, 2.24) is 5.32 Å². The van der Waals surface area contributed by atoms with Crippen molar-refractivity contribution < 1.29 is 14.9 Å². The average molecular weight is 273 g/mol. The highest BCUT2D eigenvalue weighted by atomic mass is 16.5. The van der Waals surface area contributed by atoms with Gasteiger partial charge < -0.3 is 20.3 Å². The summed E-state index contributed by atoms with van der Waals surface area (Å²) in [5, 5.41) is 21.9. The number of ether oxygens (including phenoxy) is 1. The molecule has 0 saturated carbocycles. The van der Waals surface area contributed by atoms with Gasteiger partial charge in [-0.1, -0.05) is 24.3 Å². The van der Waals surface area contributed by atoms with Gasteiger partial charge >= 0.3 is 0 Å². The van der Waals surface area contributed by atoms with Crippen LogP contribution in [0.2, 0.25) is 0 Å². The van der Waals surface area contributed by atoms with Crippen molar-refractivity contribution in [2.45, 2.75) is 19.7 Å². The summed E-state index contributed by atoms with van der Waals surface area (Å²) >= 11 is 0. The Morgan fingerprint density at radius 3 is 2.60 bits per heavy atom. The molecule has 2 aromatic carbocycles. The van der Waals surface area contributed by atoms with E-state index in [0.717, 1.165) is 22.4 Å². The van der Waals surface area contributed by atoms with E-state index < -0.39 is 0 Å². The number of aromatic hydroxyl groups is 1. The van der Waals surface area contributed by atoms with Crippen LogP contribution in [0.25, 0.3) is 0 Å². The summed E-state index contributed by atoms with van der Waals surface area (Å²) in [4.78, 5) is 0. The zero-order valence-electron chi connectivity index (χ0n) is 11.5. The first kappa shape index (κ1) is 14.4. The molecule has 0 spiro atoms. The standard InChI is InChI=1S/C16H19NO3/c1-20-16-6-5-15(19)8-14(16)10-17-9-12-3-2-4-13(7-12)11-18/h2-8,17-19H,9-11H2,1H3. The molecule has 2 aromatic rings. The Hall–Kier alpha value is -2.04. The van der Waals surface area contributed by atoms with Gasteiger partial charge in [0.15, 0.2) is 0 Å². The van der Waals surface area contributed by atoms with Crippen molar-refractivity contribution in [3.63, 3.8) is 0 Å². The van der Waals surface area contributed by atoms with E-state index in [1.54, 1.807) is 25.3 Å². The van der Waals surface area contributed by atoms with Crippen LogP contribution in [0.5, 0.6) is 11.5 Å². The number of rotatable bonds is 6. The third kappa shape index (κ3) is 3.73. The minimum absolute atomic E-state index is 0.0498. The molecule has 0 aliphatic carbocycles. The van der Waals surface area contributed by atoms with Crippen molar-refractivity contribution in [3.8, 4) is 11.5 Å². The van der Waals surface area contributed by atoms with Crippen LogP contribution in [0.1, 0.15) is 16.7 Å². The first-order chi connectivity index (χ1) is 9.72. The molecule has 0 bridgehead atoms. The van der Waals surface area contributed by atoms with Crippen LogP contribution in [0.3, 0.4) is 0 Å². The molecule has 0 saturated heterocycles. The van der Waals surface area contributed by atoms with Crippen LogP contribution in [-0.2, 0) is 19.7 Å². The van der Waals surface area contributed by atoms with E-state index >= 15 is 0 Å². The maximum Gasteiger partial charge on any atom is 0.123 e. The van der Waals surface area contributed by atoms with E-state index in [1.165, 1.54) is 0 Å². The minimum Gasteiger partial charge on any atom is -0.508 e. The Bertz CT molecular complexity index is 569. The highest BCUT2D eigenvalue weighted by molar-refractivity contribution is 5.39. The summed E-state index contributed by atoms with van der Waals surface area (Å²) in [5.74, 6) is 0.976. The second-order valence-electron chi connectivity index (χ2n) is 4.58. The van der Waals surface area contributed by atoms with E-state index in [4.69, 9.17) is 9.84 Å². The third-order valence-electron chi connectivity index (χ3n) is 3.08. The van der Waals surface area contributed by atoms with Crippen LogP contribution in [-0.4, -0.2) is 17.3 Å². The normalized spacial score (nSPS) is 10.5. The monoisotopic (exact) mass is 273 g/mol. The zero-order valence-corrected chi connectivity index (χ0v) is 11.5. The van der Waals surface area contributed by atoms with E-state index in [1.807, 2.05) is 24.3 Å². The van der Waals surface area contributed by atoms with Gasteiger partial charge in [0, 0.05) is 18.7 Å². The van der Waals surface area contributed by atoms with Crippen molar-refractivity contribution in [2.24, 2.45) is 0 Å². The number of aliphatic hydroxyl groups is 1. The second kappa shape index (κ2) is 6.93. The number of nitrogens with one attached hydrogen (secondary N) is 1. The van der Waals surface area contributed by atoms with E-state index in [0.29, 0.717) is 13.1 Å². The highest BCUT2D eigenvalue weighted by Gasteiger charge is 2.04. The maximum atomic E-state index is 9.51. The molecule has 0 fully saturated rings. The summed E-state index contributed by atoms with van der Waals surface area (Å²) < 4.78 is 5.26. The van der Waals surface area contributed by atoms with Crippen LogP contribution in [0.15, 0.2) is 42.5 Å². The molecule has 2 rings (SSSR count). The molecule has 0 aromatic heterocycles. The fraction of sp³-hybridized carbons (Fsp3) is 0.250. The SMILES string of the molecule is COc1ccc(O)cc1CNCc1cccc(CO)c1. The first-order valence-electron chi connectivity index (χ1n) is 6.48. The van der Waals surface area contributed by atoms with Gasteiger partial charge in [-0.15, -0.1) is 0 Å². The summed E-state index contributed by atoms with van der Waals surface area (Å²) in [5.41, 5.74) is 2.92. The quantitative estimate of drug-likeness (QED) is 0.755. The van der Waals surface area contributed by atoms with Gasteiger partial charge in [0.05, 0.1) is 13.7 Å². The van der Waals surface area contributed by atoms with Gasteiger partial charge in [0.2, 0.25) is 0 Å². The van der Waals surface area contributed by atoms with Crippen molar-refractivity contribution >= 4 is 0 Å². The fourth-order valence-corrected chi connectivity index (χ4v) is 2.08. The molecule has 0 amide bonds. The lowest BCUT2D eigenvalue weighted by atomic mass is 10.1.